The minimum Gasteiger partial charge on any atom is -0.326 e. The highest BCUT2D eigenvalue weighted by atomic mass is 35.5. The molecule has 1 aliphatic heterocycles. The minimum atomic E-state index is 0. The van der Waals surface area contributed by atoms with Gasteiger partial charge in [-0.05, 0) is 50.0 Å². The summed E-state index contributed by atoms with van der Waals surface area (Å²) in [6, 6.07) is 5.78. The monoisotopic (exact) mass is 294 g/mol. The summed E-state index contributed by atoms with van der Waals surface area (Å²) in [7, 11) is 0. The average Bonchev–Trinajstić information content (AvgIpc) is 2.87. The number of nitrogens with zero attached hydrogens (tertiary/aromatic N) is 1. The Labute approximate surface area is 123 Å². The van der Waals surface area contributed by atoms with Gasteiger partial charge in [0.05, 0.1) is 11.7 Å². The highest BCUT2D eigenvalue weighted by Gasteiger charge is 2.16. The number of halogens is 1. The van der Waals surface area contributed by atoms with Crippen LogP contribution >= 0.6 is 12.4 Å². The maximum absolute atomic E-state index is 12.0. The van der Waals surface area contributed by atoms with Crippen molar-refractivity contribution in [3.63, 3.8) is 0 Å². The van der Waals surface area contributed by atoms with E-state index in [1.807, 2.05) is 18.2 Å². The van der Waals surface area contributed by atoms with Crippen LogP contribution in [0.4, 0.5) is 5.69 Å². The molecule has 3 N–H and O–H groups in total. The number of aromatic nitrogens is 2. The number of piperidine rings is 1. The largest absolute Gasteiger partial charge is 0.326 e. The number of hydrogen-bond donors (Lipinski definition) is 3. The molecule has 1 amide bonds. The molecule has 108 valence electrons. The van der Waals surface area contributed by atoms with Gasteiger partial charge >= 0.3 is 0 Å². The molecule has 0 atom stereocenters. The molecule has 3 rings (SSSR count). The number of carbonyl (C=O) groups excluding carboxylic acids is 1. The van der Waals surface area contributed by atoms with E-state index in [0.29, 0.717) is 12.3 Å². The molecular formula is C14H19ClN4O. The van der Waals surface area contributed by atoms with Crippen LogP contribution in [-0.2, 0) is 4.79 Å². The van der Waals surface area contributed by atoms with Crippen molar-refractivity contribution in [2.24, 2.45) is 5.92 Å². The van der Waals surface area contributed by atoms with Gasteiger partial charge in [0.1, 0.15) is 0 Å². The van der Waals surface area contributed by atoms with Crippen LogP contribution in [0.25, 0.3) is 10.9 Å². The van der Waals surface area contributed by atoms with E-state index in [-0.39, 0.29) is 18.3 Å². The average molecular weight is 295 g/mol. The summed E-state index contributed by atoms with van der Waals surface area (Å²) >= 11 is 0. The van der Waals surface area contributed by atoms with Gasteiger partial charge in [0, 0.05) is 17.5 Å². The van der Waals surface area contributed by atoms with Crippen LogP contribution in [0.5, 0.6) is 0 Å². The third kappa shape index (κ3) is 3.49. The van der Waals surface area contributed by atoms with Crippen LogP contribution in [0.1, 0.15) is 19.3 Å². The number of carbonyl (C=O) groups is 1. The maximum Gasteiger partial charge on any atom is 0.224 e. The Hall–Kier alpha value is -1.59. The van der Waals surface area contributed by atoms with E-state index in [1.54, 1.807) is 6.20 Å². The molecule has 1 aromatic carbocycles. The molecule has 0 aliphatic carbocycles. The molecule has 1 aromatic heterocycles. The Bertz CT molecular complexity index is 577. The van der Waals surface area contributed by atoms with E-state index in [1.165, 1.54) is 0 Å². The fourth-order valence-corrected chi connectivity index (χ4v) is 2.58. The standard InChI is InChI=1S/C14H18N4O.ClH/c19-14(7-10-3-5-15-6-4-10)17-12-1-2-13-11(8-12)9-16-18-13;/h1-2,8-10,15H,3-7H2,(H,16,18)(H,17,19);1H. The summed E-state index contributed by atoms with van der Waals surface area (Å²) < 4.78 is 0. The van der Waals surface area contributed by atoms with Crippen LogP contribution in [0.3, 0.4) is 0 Å². The zero-order chi connectivity index (χ0) is 13.1. The van der Waals surface area contributed by atoms with Crippen molar-refractivity contribution < 1.29 is 4.79 Å². The highest BCUT2D eigenvalue weighted by molar-refractivity contribution is 5.93. The summed E-state index contributed by atoms with van der Waals surface area (Å²) in [4.78, 5) is 12.0. The summed E-state index contributed by atoms with van der Waals surface area (Å²) in [5, 5.41) is 14.2. The minimum absolute atomic E-state index is 0. The number of nitrogens with one attached hydrogen (secondary N) is 3. The molecule has 2 heterocycles. The molecule has 6 heteroatoms. The number of aromatic amines is 1. The zero-order valence-corrected chi connectivity index (χ0v) is 12.0. The number of hydrogen-bond acceptors (Lipinski definition) is 3. The van der Waals surface area contributed by atoms with Crippen LogP contribution in [0, 0.1) is 5.92 Å². The summed E-state index contributed by atoms with van der Waals surface area (Å²) in [6.45, 7) is 2.05. The smallest absolute Gasteiger partial charge is 0.224 e. The Balaban J connectivity index is 0.00000147. The Kier molecular flexibility index (Phi) is 4.98. The number of anilines is 1. The van der Waals surface area contributed by atoms with Gasteiger partial charge in [-0.25, -0.2) is 0 Å². The lowest BCUT2D eigenvalue weighted by atomic mass is 9.94. The Morgan fingerprint density at radius 3 is 2.95 bits per heavy atom. The molecule has 0 bridgehead atoms. The van der Waals surface area contributed by atoms with Crippen LogP contribution < -0.4 is 10.6 Å². The molecule has 20 heavy (non-hydrogen) atoms. The molecule has 5 nitrogen and oxygen atoms in total. The van der Waals surface area contributed by atoms with Crippen LogP contribution in [-0.4, -0.2) is 29.2 Å². The van der Waals surface area contributed by atoms with Crippen molar-refractivity contribution in [1.82, 2.24) is 15.5 Å². The van der Waals surface area contributed by atoms with E-state index >= 15 is 0 Å². The third-order valence-electron chi connectivity index (χ3n) is 3.66. The fraction of sp³-hybridized carbons (Fsp3) is 0.429. The lowest BCUT2D eigenvalue weighted by Gasteiger charge is -2.21. The summed E-state index contributed by atoms with van der Waals surface area (Å²) in [5.41, 5.74) is 1.82. The van der Waals surface area contributed by atoms with E-state index in [0.717, 1.165) is 42.5 Å². The quantitative estimate of drug-likeness (QED) is 0.813. The van der Waals surface area contributed by atoms with Gasteiger partial charge in [-0.3, -0.25) is 9.89 Å². The van der Waals surface area contributed by atoms with Gasteiger partial charge < -0.3 is 10.6 Å². The van der Waals surface area contributed by atoms with E-state index in [2.05, 4.69) is 20.8 Å². The van der Waals surface area contributed by atoms with E-state index < -0.39 is 0 Å². The van der Waals surface area contributed by atoms with Crippen molar-refractivity contribution in [3.05, 3.63) is 24.4 Å². The van der Waals surface area contributed by atoms with Crippen molar-refractivity contribution in [2.75, 3.05) is 18.4 Å². The first-order chi connectivity index (χ1) is 9.31. The Morgan fingerprint density at radius 2 is 2.15 bits per heavy atom. The van der Waals surface area contributed by atoms with Crippen molar-refractivity contribution in [1.29, 1.82) is 0 Å². The van der Waals surface area contributed by atoms with Crippen LogP contribution in [0.2, 0.25) is 0 Å². The second-order valence-corrected chi connectivity index (χ2v) is 5.12. The van der Waals surface area contributed by atoms with Crippen molar-refractivity contribution >= 4 is 34.9 Å². The topological polar surface area (TPSA) is 69.8 Å². The first-order valence-electron chi connectivity index (χ1n) is 6.75. The molecule has 0 saturated carbocycles. The molecule has 0 spiro atoms. The predicted octanol–water partition coefficient (Wildman–Crippen LogP) is 2.31. The molecule has 1 aliphatic rings. The first kappa shape index (κ1) is 14.8. The van der Waals surface area contributed by atoms with Crippen LogP contribution in [0.15, 0.2) is 24.4 Å². The van der Waals surface area contributed by atoms with Gasteiger partial charge in [0.25, 0.3) is 0 Å². The molecule has 0 unspecified atom stereocenters. The second-order valence-electron chi connectivity index (χ2n) is 5.12. The van der Waals surface area contributed by atoms with Gasteiger partial charge in [0.2, 0.25) is 5.91 Å². The highest BCUT2D eigenvalue weighted by Crippen LogP contribution is 2.19. The number of rotatable bonds is 3. The molecule has 1 fully saturated rings. The molecule has 2 aromatic rings. The number of benzene rings is 1. The zero-order valence-electron chi connectivity index (χ0n) is 11.2. The number of fused-ring (bicyclic) bond motifs is 1. The number of amides is 1. The lowest BCUT2D eigenvalue weighted by molar-refractivity contribution is -0.117. The van der Waals surface area contributed by atoms with Crippen molar-refractivity contribution in [2.45, 2.75) is 19.3 Å². The number of H-pyrrole nitrogens is 1. The maximum atomic E-state index is 12.0. The van der Waals surface area contributed by atoms with Crippen molar-refractivity contribution in [3.8, 4) is 0 Å². The van der Waals surface area contributed by atoms with E-state index in [9.17, 15) is 4.79 Å². The normalized spacial score (nSPS) is 15.8. The lowest BCUT2D eigenvalue weighted by Crippen LogP contribution is -2.30. The van der Waals surface area contributed by atoms with Gasteiger partial charge in [-0.1, -0.05) is 0 Å². The van der Waals surface area contributed by atoms with Gasteiger partial charge in [0.15, 0.2) is 0 Å². The van der Waals surface area contributed by atoms with Gasteiger partial charge in [-0.15, -0.1) is 12.4 Å². The molecule has 0 radical (unpaired) electrons. The van der Waals surface area contributed by atoms with E-state index in [4.69, 9.17) is 0 Å². The SMILES string of the molecule is Cl.O=C(CC1CCNCC1)Nc1ccc2[nH]ncc2c1. The summed E-state index contributed by atoms with van der Waals surface area (Å²) in [5.74, 6) is 0.619. The first-order valence-corrected chi connectivity index (χ1v) is 6.75. The Morgan fingerprint density at radius 1 is 1.35 bits per heavy atom. The summed E-state index contributed by atoms with van der Waals surface area (Å²) in [6.07, 6.45) is 4.56. The predicted molar refractivity (Wildman–Crippen MR) is 82.2 cm³/mol. The fourth-order valence-electron chi connectivity index (χ4n) is 2.58. The second kappa shape index (κ2) is 6.72. The molecular weight excluding hydrogens is 276 g/mol. The molecule has 1 saturated heterocycles. The third-order valence-corrected chi connectivity index (χ3v) is 3.66. The van der Waals surface area contributed by atoms with Gasteiger partial charge in [-0.2, -0.15) is 5.10 Å².